The van der Waals surface area contributed by atoms with Gasteiger partial charge in [0.15, 0.2) is 0 Å². The van der Waals surface area contributed by atoms with Gasteiger partial charge in [-0.1, -0.05) is 0 Å². The van der Waals surface area contributed by atoms with E-state index in [9.17, 15) is 9.18 Å². The van der Waals surface area contributed by atoms with Gasteiger partial charge in [0.2, 0.25) is 0 Å². The van der Waals surface area contributed by atoms with Gasteiger partial charge < -0.3 is 20.9 Å². The number of fused-ring (bicyclic) bond motifs is 1. The molecule has 1 heterocycles. The van der Waals surface area contributed by atoms with Crippen LogP contribution in [0.1, 0.15) is 23.2 Å². The van der Waals surface area contributed by atoms with Crippen LogP contribution in [-0.2, 0) is 4.74 Å². The van der Waals surface area contributed by atoms with E-state index < -0.39 is 11.7 Å². The van der Waals surface area contributed by atoms with E-state index in [0.717, 1.165) is 18.9 Å². The summed E-state index contributed by atoms with van der Waals surface area (Å²) in [4.78, 5) is 12.1. The number of aromatic hydroxyl groups is 1. The second-order valence-electron chi connectivity index (χ2n) is 5.38. The van der Waals surface area contributed by atoms with Crippen molar-refractivity contribution in [3.8, 4) is 5.75 Å². The molecule has 4 N–H and O–H groups in total. The lowest BCUT2D eigenvalue weighted by Crippen LogP contribution is -2.72. The molecule has 2 aliphatic rings. The molecular weight excluding hydrogens is 263 g/mol. The molecule has 20 heavy (non-hydrogen) atoms. The van der Waals surface area contributed by atoms with E-state index in [-0.39, 0.29) is 35.4 Å². The van der Waals surface area contributed by atoms with E-state index in [0.29, 0.717) is 6.61 Å². The molecule has 1 saturated heterocycles. The van der Waals surface area contributed by atoms with Crippen molar-refractivity contribution in [2.24, 2.45) is 11.7 Å². The Bertz CT molecular complexity index is 537. The minimum atomic E-state index is -0.753. The molecule has 0 spiro atoms. The van der Waals surface area contributed by atoms with Crippen LogP contribution < -0.4 is 11.1 Å². The molecule has 1 saturated carbocycles. The molecule has 0 bridgehead atoms. The molecular formula is C14H17FN2O3. The van der Waals surface area contributed by atoms with Crippen molar-refractivity contribution in [2.45, 2.75) is 31.0 Å². The van der Waals surface area contributed by atoms with Gasteiger partial charge in [0.05, 0.1) is 17.7 Å². The molecule has 2 fully saturated rings. The second-order valence-corrected chi connectivity index (χ2v) is 5.38. The highest BCUT2D eigenvalue weighted by Crippen LogP contribution is 2.37. The molecule has 1 amide bonds. The number of rotatable bonds is 2. The van der Waals surface area contributed by atoms with Gasteiger partial charge in [0.25, 0.3) is 5.91 Å². The van der Waals surface area contributed by atoms with Crippen LogP contribution >= 0.6 is 0 Å². The standard InChI is InChI=1S/C14H17FN2O3/c15-10-6-7(18)3-4-8(10)14(19)17-12-11(16)9-2-1-5-20-13(9)12/h3-4,6,9,11-13,18H,1-2,5,16H2,(H,17,19). The predicted octanol–water partition coefficient (Wildman–Crippen LogP) is 0.766. The number of nitrogens with two attached hydrogens (primary N) is 1. The third kappa shape index (κ3) is 2.14. The molecule has 1 aromatic rings. The van der Waals surface area contributed by atoms with E-state index in [2.05, 4.69) is 5.32 Å². The van der Waals surface area contributed by atoms with Crippen molar-refractivity contribution in [3.63, 3.8) is 0 Å². The zero-order valence-electron chi connectivity index (χ0n) is 10.9. The van der Waals surface area contributed by atoms with Crippen LogP contribution in [0.25, 0.3) is 0 Å². The lowest BCUT2D eigenvalue weighted by molar-refractivity contribution is -0.117. The number of phenols is 1. The van der Waals surface area contributed by atoms with Gasteiger partial charge in [-0.25, -0.2) is 4.39 Å². The summed E-state index contributed by atoms with van der Waals surface area (Å²) in [6.45, 7) is 0.674. The molecule has 6 heteroatoms. The number of carbonyl (C=O) groups is 1. The topological polar surface area (TPSA) is 84.6 Å². The Hall–Kier alpha value is -1.66. The van der Waals surface area contributed by atoms with Crippen molar-refractivity contribution >= 4 is 5.91 Å². The predicted molar refractivity (Wildman–Crippen MR) is 69.8 cm³/mol. The van der Waals surface area contributed by atoms with Gasteiger partial charge in [-0.3, -0.25) is 4.79 Å². The molecule has 0 radical (unpaired) electrons. The third-order valence-corrected chi connectivity index (χ3v) is 4.17. The number of hydrogen-bond acceptors (Lipinski definition) is 4. The van der Waals surface area contributed by atoms with Gasteiger partial charge in [-0.05, 0) is 25.0 Å². The van der Waals surface area contributed by atoms with Crippen molar-refractivity contribution in [3.05, 3.63) is 29.6 Å². The molecule has 0 aromatic heterocycles. The summed E-state index contributed by atoms with van der Waals surface area (Å²) in [5.41, 5.74) is 5.93. The SMILES string of the molecule is NC1C2CCCOC2C1NC(=O)c1ccc(O)cc1F. The van der Waals surface area contributed by atoms with Crippen molar-refractivity contribution in [1.29, 1.82) is 0 Å². The maximum atomic E-state index is 13.6. The fourth-order valence-electron chi connectivity index (χ4n) is 3.04. The smallest absolute Gasteiger partial charge is 0.254 e. The lowest BCUT2D eigenvalue weighted by Gasteiger charge is -2.52. The van der Waals surface area contributed by atoms with Crippen molar-refractivity contribution in [2.75, 3.05) is 6.61 Å². The Morgan fingerprint density at radius 2 is 2.30 bits per heavy atom. The van der Waals surface area contributed by atoms with Gasteiger partial charge in [-0.15, -0.1) is 0 Å². The maximum absolute atomic E-state index is 13.6. The van der Waals surface area contributed by atoms with E-state index >= 15 is 0 Å². The number of ether oxygens (including phenoxy) is 1. The van der Waals surface area contributed by atoms with Crippen LogP contribution in [0.15, 0.2) is 18.2 Å². The largest absolute Gasteiger partial charge is 0.508 e. The van der Waals surface area contributed by atoms with E-state index in [4.69, 9.17) is 15.6 Å². The summed E-state index contributed by atoms with van der Waals surface area (Å²) >= 11 is 0. The van der Waals surface area contributed by atoms with Crippen molar-refractivity contribution in [1.82, 2.24) is 5.32 Å². The summed E-state index contributed by atoms with van der Waals surface area (Å²) in [6.07, 6.45) is 1.93. The Morgan fingerprint density at radius 1 is 1.50 bits per heavy atom. The Balaban J connectivity index is 1.70. The molecule has 1 aromatic carbocycles. The quantitative estimate of drug-likeness (QED) is 0.747. The highest BCUT2D eigenvalue weighted by atomic mass is 19.1. The van der Waals surface area contributed by atoms with Crippen LogP contribution in [0.3, 0.4) is 0 Å². The second kappa shape index (κ2) is 5.03. The van der Waals surface area contributed by atoms with Gasteiger partial charge in [0, 0.05) is 24.6 Å². The lowest BCUT2D eigenvalue weighted by atomic mass is 9.68. The number of nitrogens with one attached hydrogen (secondary N) is 1. The first-order chi connectivity index (χ1) is 9.58. The fraction of sp³-hybridized carbons (Fsp3) is 0.500. The average molecular weight is 280 g/mol. The Morgan fingerprint density at radius 3 is 3.05 bits per heavy atom. The summed E-state index contributed by atoms with van der Waals surface area (Å²) in [5.74, 6) is -1.22. The van der Waals surface area contributed by atoms with E-state index in [1.165, 1.54) is 12.1 Å². The van der Waals surface area contributed by atoms with E-state index in [1.807, 2.05) is 0 Å². The number of carbonyl (C=O) groups excluding carboxylic acids is 1. The van der Waals surface area contributed by atoms with Crippen LogP contribution in [0, 0.1) is 11.7 Å². The van der Waals surface area contributed by atoms with E-state index in [1.54, 1.807) is 0 Å². The fourth-order valence-corrected chi connectivity index (χ4v) is 3.04. The molecule has 1 aliphatic carbocycles. The minimum Gasteiger partial charge on any atom is -0.508 e. The van der Waals surface area contributed by atoms with Crippen LogP contribution in [0.5, 0.6) is 5.75 Å². The first-order valence-electron chi connectivity index (χ1n) is 6.74. The normalized spacial score (nSPS) is 32.1. The molecule has 3 rings (SSSR count). The van der Waals surface area contributed by atoms with Crippen molar-refractivity contribution < 1.29 is 19.0 Å². The number of benzene rings is 1. The Kier molecular flexibility index (Phi) is 3.35. The van der Waals surface area contributed by atoms with Crippen LogP contribution in [0.4, 0.5) is 4.39 Å². The number of phenolic OH excluding ortho intramolecular Hbond substituents is 1. The molecule has 4 atom stereocenters. The third-order valence-electron chi connectivity index (χ3n) is 4.17. The Labute approximate surface area is 115 Å². The molecule has 108 valence electrons. The zero-order valence-corrected chi connectivity index (χ0v) is 10.9. The zero-order chi connectivity index (χ0) is 14.3. The number of amides is 1. The number of hydrogen-bond donors (Lipinski definition) is 3. The summed E-state index contributed by atoms with van der Waals surface area (Å²) in [7, 11) is 0. The summed E-state index contributed by atoms with van der Waals surface area (Å²) < 4.78 is 19.2. The van der Waals surface area contributed by atoms with Crippen LogP contribution in [-0.4, -0.2) is 35.8 Å². The van der Waals surface area contributed by atoms with Gasteiger partial charge >= 0.3 is 0 Å². The first kappa shape index (κ1) is 13.3. The number of halogens is 1. The maximum Gasteiger partial charge on any atom is 0.254 e. The molecule has 4 unspecified atom stereocenters. The first-order valence-corrected chi connectivity index (χ1v) is 6.74. The minimum absolute atomic E-state index is 0.0668. The van der Waals surface area contributed by atoms with Gasteiger partial charge in [0.1, 0.15) is 11.6 Å². The highest BCUT2D eigenvalue weighted by molar-refractivity contribution is 5.95. The molecule has 5 nitrogen and oxygen atoms in total. The highest BCUT2D eigenvalue weighted by Gasteiger charge is 2.51. The molecule has 1 aliphatic heterocycles. The van der Waals surface area contributed by atoms with Crippen LogP contribution in [0.2, 0.25) is 0 Å². The monoisotopic (exact) mass is 280 g/mol. The van der Waals surface area contributed by atoms with Gasteiger partial charge in [-0.2, -0.15) is 0 Å². The summed E-state index contributed by atoms with van der Waals surface area (Å²) in [5, 5.41) is 11.9. The average Bonchev–Trinajstić information content (AvgIpc) is 2.44. The summed E-state index contributed by atoms with van der Waals surface area (Å²) in [6, 6.07) is 3.02.